The molecule has 0 aromatic carbocycles. The Morgan fingerprint density at radius 1 is 1.56 bits per heavy atom. The summed E-state index contributed by atoms with van der Waals surface area (Å²) < 4.78 is 4.89. The van der Waals surface area contributed by atoms with Crippen molar-refractivity contribution in [2.24, 2.45) is 0 Å². The Hall–Kier alpha value is -1.44. The first-order chi connectivity index (χ1) is 8.47. The number of anilines is 1. The van der Waals surface area contributed by atoms with Crippen molar-refractivity contribution in [3.05, 3.63) is 11.8 Å². The van der Waals surface area contributed by atoms with Gasteiger partial charge in [0.2, 0.25) is 11.8 Å². The van der Waals surface area contributed by atoms with Gasteiger partial charge in [-0.05, 0) is 13.8 Å². The summed E-state index contributed by atoms with van der Waals surface area (Å²) in [5, 5.41) is 25.1. The number of β-amino-alcohol motifs (C(OH)–C–C–N with tert-alkyl or cyclic N) is 2. The molecule has 0 radical (unpaired) electrons. The molecule has 2 heterocycles. The third-order valence-electron chi connectivity index (χ3n) is 3.09. The van der Waals surface area contributed by atoms with Crippen molar-refractivity contribution in [3.8, 4) is 0 Å². The van der Waals surface area contributed by atoms with Crippen molar-refractivity contribution in [1.82, 2.24) is 10.1 Å². The molecule has 1 aromatic rings. The topological polar surface area (TPSA) is 98.8 Å². The number of aromatic nitrogens is 1. The molecule has 1 fully saturated rings. The van der Waals surface area contributed by atoms with E-state index in [-0.39, 0.29) is 19.0 Å². The molecule has 7 nitrogen and oxygen atoms in total. The molecule has 1 saturated heterocycles. The van der Waals surface area contributed by atoms with Gasteiger partial charge in [-0.25, -0.2) is 0 Å². The van der Waals surface area contributed by atoms with Gasteiger partial charge >= 0.3 is 0 Å². The third-order valence-corrected chi connectivity index (χ3v) is 3.09. The predicted octanol–water partition coefficient (Wildman–Crippen LogP) is -0.653. The molecule has 0 aliphatic carbocycles. The van der Waals surface area contributed by atoms with Crippen LogP contribution in [0.3, 0.4) is 0 Å². The fourth-order valence-electron chi connectivity index (χ4n) is 1.93. The van der Waals surface area contributed by atoms with Crippen molar-refractivity contribution in [1.29, 1.82) is 0 Å². The van der Waals surface area contributed by atoms with Crippen LogP contribution in [0.4, 0.5) is 5.88 Å². The molecule has 0 saturated carbocycles. The van der Waals surface area contributed by atoms with Crippen molar-refractivity contribution >= 4 is 11.8 Å². The first-order valence-corrected chi connectivity index (χ1v) is 5.81. The highest BCUT2D eigenvalue weighted by Gasteiger charge is 2.34. The summed E-state index contributed by atoms with van der Waals surface area (Å²) in [6.07, 6.45) is -1.60. The average molecular weight is 255 g/mol. The molecular weight excluding hydrogens is 238 g/mol. The minimum Gasteiger partial charge on any atom is -0.389 e. The van der Waals surface area contributed by atoms with E-state index in [1.807, 2.05) is 0 Å². The van der Waals surface area contributed by atoms with Crippen LogP contribution >= 0.6 is 0 Å². The van der Waals surface area contributed by atoms with Crippen LogP contribution in [0.5, 0.6) is 0 Å². The molecule has 100 valence electrons. The van der Waals surface area contributed by atoms with E-state index in [2.05, 4.69) is 10.5 Å². The van der Waals surface area contributed by atoms with Crippen LogP contribution < -0.4 is 5.32 Å². The van der Waals surface area contributed by atoms with Gasteiger partial charge in [0, 0.05) is 19.2 Å². The molecular formula is C11H17N3O4. The predicted molar refractivity (Wildman–Crippen MR) is 62.9 cm³/mol. The molecule has 3 N–H and O–H groups in total. The van der Waals surface area contributed by atoms with Gasteiger partial charge in [0.15, 0.2) is 0 Å². The van der Waals surface area contributed by atoms with Gasteiger partial charge in [-0.3, -0.25) is 15.0 Å². The quantitative estimate of drug-likeness (QED) is 0.663. The molecule has 0 spiro atoms. The number of carbonyl (C=O) groups excluding carboxylic acids is 1. The summed E-state index contributed by atoms with van der Waals surface area (Å²) in [5.41, 5.74) is 0.685. The van der Waals surface area contributed by atoms with E-state index < -0.39 is 18.2 Å². The van der Waals surface area contributed by atoms with Gasteiger partial charge in [0.1, 0.15) is 0 Å². The first kappa shape index (κ1) is 13.0. The summed E-state index contributed by atoms with van der Waals surface area (Å²) in [7, 11) is 0. The lowest BCUT2D eigenvalue weighted by molar-refractivity contribution is -0.120. The van der Waals surface area contributed by atoms with Crippen molar-refractivity contribution in [3.63, 3.8) is 0 Å². The molecule has 18 heavy (non-hydrogen) atoms. The van der Waals surface area contributed by atoms with E-state index >= 15 is 0 Å². The number of nitrogens with one attached hydrogen (secondary N) is 1. The Morgan fingerprint density at radius 2 is 2.17 bits per heavy atom. The summed E-state index contributed by atoms with van der Waals surface area (Å²) in [4.78, 5) is 13.6. The monoisotopic (exact) mass is 255 g/mol. The number of likely N-dealkylation sites (tertiary alicyclic amines) is 1. The SMILES string of the molecule is Cc1cc(NC(=O)C(C)N2CC(O)C(O)C2)on1. The summed E-state index contributed by atoms with van der Waals surface area (Å²) in [6, 6.07) is 1.17. The maximum absolute atomic E-state index is 11.9. The Labute approximate surface area is 104 Å². The minimum atomic E-state index is -0.798. The summed E-state index contributed by atoms with van der Waals surface area (Å²) in [6.45, 7) is 4.04. The van der Waals surface area contributed by atoms with Crippen LogP contribution in [0.2, 0.25) is 0 Å². The molecule has 1 aromatic heterocycles. The van der Waals surface area contributed by atoms with Gasteiger partial charge in [-0.1, -0.05) is 5.16 Å². The van der Waals surface area contributed by atoms with Gasteiger partial charge < -0.3 is 14.7 Å². The molecule has 1 aliphatic heterocycles. The lowest BCUT2D eigenvalue weighted by Crippen LogP contribution is -2.41. The number of nitrogens with zero attached hydrogens (tertiary/aromatic N) is 2. The number of carbonyl (C=O) groups is 1. The van der Waals surface area contributed by atoms with Gasteiger partial charge in [0.05, 0.1) is 23.9 Å². The summed E-state index contributed by atoms with van der Waals surface area (Å²) in [5.74, 6) is 0.0390. The number of aliphatic hydroxyl groups is 2. The van der Waals surface area contributed by atoms with E-state index in [1.54, 1.807) is 24.8 Å². The zero-order valence-corrected chi connectivity index (χ0v) is 10.3. The largest absolute Gasteiger partial charge is 0.389 e. The Balaban J connectivity index is 1.93. The van der Waals surface area contributed by atoms with Crippen LogP contribution in [0.1, 0.15) is 12.6 Å². The van der Waals surface area contributed by atoms with E-state index in [0.717, 1.165) is 0 Å². The second kappa shape index (κ2) is 5.05. The van der Waals surface area contributed by atoms with Gasteiger partial charge in [-0.2, -0.15) is 0 Å². The maximum Gasteiger partial charge on any atom is 0.243 e. The zero-order chi connectivity index (χ0) is 13.3. The fraction of sp³-hybridized carbons (Fsp3) is 0.636. The average Bonchev–Trinajstić information content (AvgIpc) is 2.85. The fourth-order valence-corrected chi connectivity index (χ4v) is 1.93. The minimum absolute atomic E-state index is 0.257. The second-order valence-corrected chi connectivity index (χ2v) is 4.59. The molecule has 7 heteroatoms. The van der Waals surface area contributed by atoms with Crippen molar-refractivity contribution in [2.75, 3.05) is 18.4 Å². The zero-order valence-electron chi connectivity index (χ0n) is 10.3. The molecule has 3 atom stereocenters. The van der Waals surface area contributed by atoms with Crippen LogP contribution in [-0.2, 0) is 4.79 Å². The number of aryl methyl sites for hydroxylation is 1. The molecule has 1 amide bonds. The Morgan fingerprint density at radius 3 is 2.67 bits per heavy atom. The Bertz CT molecular complexity index is 424. The molecule has 3 unspecified atom stereocenters. The molecule has 0 bridgehead atoms. The van der Waals surface area contributed by atoms with Crippen LogP contribution in [0, 0.1) is 6.92 Å². The normalized spacial score (nSPS) is 26.2. The van der Waals surface area contributed by atoms with Crippen LogP contribution in [0.15, 0.2) is 10.6 Å². The summed E-state index contributed by atoms with van der Waals surface area (Å²) >= 11 is 0. The Kier molecular flexibility index (Phi) is 3.65. The van der Waals surface area contributed by atoms with E-state index in [4.69, 9.17) is 4.52 Å². The van der Waals surface area contributed by atoms with Crippen molar-refractivity contribution in [2.45, 2.75) is 32.1 Å². The van der Waals surface area contributed by atoms with Gasteiger partial charge in [0.25, 0.3) is 0 Å². The first-order valence-electron chi connectivity index (χ1n) is 5.81. The van der Waals surface area contributed by atoms with Crippen LogP contribution in [0.25, 0.3) is 0 Å². The van der Waals surface area contributed by atoms with E-state index in [9.17, 15) is 15.0 Å². The number of aliphatic hydroxyl groups excluding tert-OH is 2. The van der Waals surface area contributed by atoms with E-state index in [1.165, 1.54) is 0 Å². The van der Waals surface area contributed by atoms with E-state index in [0.29, 0.717) is 11.6 Å². The van der Waals surface area contributed by atoms with Crippen molar-refractivity contribution < 1.29 is 19.5 Å². The number of rotatable bonds is 3. The smallest absolute Gasteiger partial charge is 0.243 e. The third kappa shape index (κ3) is 2.69. The maximum atomic E-state index is 11.9. The highest BCUT2D eigenvalue weighted by Crippen LogP contribution is 2.15. The lowest BCUT2D eigenvalue weighted by Gasteiger charge is -2.21. The highest BCUT2D eigenvalue weighted by atomic mass is 16.5. The molecule has 2 rings (SSSR count). The molecule has 1 aliphatic rings. The highest BCUT2D eigenvalue weighted by molar-refractivity contribution is 5.93. The second-order valence-electron chi connectivity index (χ2n) is 4.59. The number of amides is 1. The lowest BCUT2D eigenvalue weighted by atomic mass is 10.3. The van der Waals surface area contributed by atoms with Crippen LogP contribution in [-0.4, -0.2) is 57.5 Å². The number of hydrogen-bond donors (Lipinski definition) is 3. The standard InChI is InChI=1S/C11H17N3O4/c1-6-3-10(18-13-6)12-11(17)7(2)14-4-8(15)9(16)5-14/h3,7-9,15-16H,4-5H2,1-2H3,(H,12,17). The number of hydrogen-bond acceptors (Lipinski definition) is 6. The van der Waals surface area contributed by atoms with Gasteiger partial charge in [-0.15, -0.1) is 0 Å².